The number of hydrogen-bond donors (Lipinski definition) is 3. The molecule has 20 heavy (non-hydrogen) atoms. The molecule has 3 N–H and O–H groups in total. The zero-order valence-corrected chi connectivity index (χ0v) is 11.2. The molecular weight excluding hydrogens is 262 g/mol. The fourth-order valence-electron chi connectivity index (χ4n) is 1.96. The van der Waals surface area contributed by atoms with E-state index in [9.17, 15) is 20.0 Å². The molecule has 1 amide bonds. The summed E-state index contributed by atoms with van der Waals surface area (Å²) in [6.45, 7) is 2.20. The lowest BCUT2D eigenvalue weighted by atomic mass is 10.1. The highest BCUT2D eigenvalue weighted by molar-refractivity contribution is 5.96. The highest BCUT2D eigenvalue weighted by atomic mass is 16.6. The van der Waals surface area contributed by atoms with Crippen LogP contribution in [0.4, 0.5) is 11.4 Å². The lowest BCUT2D eigenvalue weighted by Gasteiger charge is -2.16. The van der Waals surface area contributed by atoms with Crippen LogP contribution in [-0.2, 0) is 0 Å². The number of nitro groups is 1. The lowest BCUT2D eigenvalue weighted by Crippen LogP contribution is -2.27. The molecule has 0 atom stereocenters. The zero-order valence-electron chi connectivity index (χ0n) is 11.2. The second-order valence-corrected chi connectivity index (χ2v) is 4.91. The van der Waals surface area contributed by atoms with Gasteiger partial charge in [-0.15, -0.1) is 0 Å². The molecule has 1 aliphatic carbocycles. The zero-order chi connectivity index (χ0) is 14.8. The van der Waals surface area contributed by atoms with Crippen LogP contribution in [0.15, 0.2) is 18.2 Å². The monoisotopic (exact) mass is 279 g/mol. The van der Waals surface area contributed by atoms with E-state index in [1.165, 1.54) is 18.2 Å². The van der Waals surface area contributed by atoms with Gasteiger partial charge in [0.2, 0.25) is 0 Å². The number of nitro benzene ring substituents is 1. The molecule has 0 unspecified atom stereocenters. The Morgan fingerprint density at radius 3 is 2.70 bits per heavy atom. The van der Waals surface area contributed by atoms with Crippen molar-refractivity contribution in [2.75, 3.05) is 18.5 Å². The molecule has 0 aromatic heterocycles. The summed E-state index contributed by atoms with van der Waals surface area (Å²) in [4.78, 5) is 22.3. The Hall–Kier alpha value is -2.15. The first-order valence-electron chi connectivity index (χ1n) is 6.47. The van der Waals surface area contributed by atoms with Crippen molar-refractivity contribution in [1.82, 2.24) is 5.32 Å². The predicted octanol–water partition coefficient (Wildman–Crippen LogP) is 1.28. The molecule has 0 heterocycles. The Morgan fingerprint density at radius 2 is 2.20 bits per heavy atom. The van der Waals surface area contributed by atoms with Gasteiger partial charge in [-0.1, -0.05) is 0 Å². The number of hydrogen-bond acceptors (Lipinski definition) is 5. The van der Waals surface area contributed by atoms with Gasteiger partial charge in [0.1, 0.15) is 5.69 Å². The maximum atomic E-state index is 11.8. The van der Waals surface area contributed by atoms with Gasteiger partial charge in [-0.05, 0) is 31.9 Å². The van der Waals surface area contributed by atoms with Crippen LogP contribution in [0.25, 0.3) is 0 Å². The van der Waals surface area contributed by atoms with E-state index in [4.69, 9.17) is 0 Å². The number of carbonyl (C=O) groups is 1. The smallest absolute Gasteiger partial charge is 0.292 e. The molecule has 0 bridgehead atoms. The van der Waals surface area contributed by atoms with Gasteiger partial charge in [-0.3, -0.25) is 14.9 Å². The molecule has 0 radical (unpaired) electrons. The minimum atomic E-state index is -0.503. The molecule has 1 aromatic rings. The number of carbonyl (C=O) groups excluding carboxylic acids is 1. The Morgan fingerprint density at radius 1 is 1.50 bits per heavy atom. The Labute approximate surface area is 116 Å². The first-order chi connectivity index (χ1) is 9.51. The van der Waals surface area contributed by atoms with Crippen LogP contribution in [0.5, 0.6) is 0 Å². The molecule has 1 aliphatic rings. The summed E-state index contributed by atoms with van der Waals surface area (Å²) in [5.74, 6) is -0.278. The number of anilines is 1. The van der Waals surface area contributed by atoms with Crippen molar-refractivity contribution in [1.29, 1.82) is 0 Å². The van der Waals surface area contributed by atoms with E-state index < -0.39 is 10.5 Å². The number of nitrogens with one attached hydrogen (secondary N) is 2. The second kappa shape index (κ2) is 5.46. The Bertz CT molecular complexity index is 540. The van der Waals surface area contributed by atoms with Crippen LogP contribution >= 0.6 is 0 Å². The van der Waals surface area contributed by atoms with E-state index in [1.54, 1.807) is 6.92 Å². The number of amides is 1. The molecule has 1 fully saturated rings. The standard InChI is InChI=1S/C13H17N3O4/c1-2-14-12(18)9-3-4-11(16(19)20)10(7-9)15-13(8-17)5-6-13/h3-4,7,15,17H,2,5-6,8H2,1H3,(H,14,18). The summed E-state index contributed by atoms with van der Waals surface area (Å²) in [6.07, 6.45) is 1.51. The third kappa shape index (κ3) is 2.88. The van der Waals surface area contributed by atoms with Gasteiger partial charge < -0.3 is 15.7 Å². The molecule has 108 valence electrons. The van der Waals surface area contributed by atoms with E-state index in [2.05, 4.69) is 10.6 Å². The quantitative estimate of drug-likeness (QED) is 0.537. The summed E-state index contributed by atoms with van der Waals surface area (Å²) in [7, 11) is 0. The van der Waals surface area contributed by atoms with Gasteiger partial charge in [0.25, 0.3) is 11.6 Å². The van der Waals surface area contributed by atoms with Gasteiger partial charge in [0.05, 0.1) is 17.1 Å². The van der Waals surface area contributed by atoms with Gasteiger partial charge in [-0.2, -0.15) is 0 Å². The van der Waals surface area contributed by atoms with Gasteiger partial charge in [0, 0.05) is 18.2 Å². The normalized spacial score (nSPS) is 15.5. The highest BCUT2D eigenvalue weighted by Crippen LogP contribution is 2.40. The molecule has 1 aromatic carbocycles. The SMILES string of the molecule is CCNC(=O)c1ccc([N+](=O)[O-])c(NC2(CO)CC2)c1. The van der Waals surface area contributed by atoms with Crippen molar-refractivity contribution < 1.29 is 14.8 Å². The maximum absolute atomic E-state index is 11.8. The fraction of sp³-hybridized carbons (Fsp3) is 0.462. The van der Waals surface area contributed by atoms with Crippen LogP contribution < -0.4 is 10.6 Å². The molecule has 0 spiro atoms. The average Bonchev–Trinajstić information content (AvgIpc) is 3.19. The van der Waals surface area contributed by atoms with Crippen LogP contribution in [-0.4, -0.2) is 34.6 Å². The van der Waals surface area contributed by atoms with Gasteiger partial charge >= 0.3 is 0 Å². The van der Waals surface area contributed by atoms with Gasteiger partial charge in [-0.25, -0.2) is 0 Å². The van der Waals surface area contributed by atoms with E-state index in [-0.39, 0.29) is 23.9 Å². The first kappa shape index (κ1) is 14.3. The van der Waals surface area contributed by atoms with Crippen molar-refractivity contribution in [2.24, 2.45) is 0 Å². The molecular formula is C13H17N3O4. The van der Waals surface area contributed by atoms with Crippen molar-refractivity contribution >= 4 is 17.3 Å². The second-order valence-electron chi connectivity index (χ2n) is 4.91. The van der Waals surface area contributed by atoms with E-state index in [1.807, 2.05) is 0 Å². The topological polar surface area (TPSA) is 104 Å². The van der Waals surface area contributed by atoms with Crippen LogP contribution in [0.2, 0.25) is 0 Å². The minimum absolute atomic E-state index is 0.0878. The van der Waals surface area contributed by atoms with Crippen molar-refractivity contribution in [3.05, 3.63) is 33.9 Å². The maximum Gasteiger partial charge on any atom is 0.292 e. The lowest BCUT2D eigenvalue weighted by molar-refractivity contribution is -0.384. The molecule has 0 aliphatic heterocycles. The minimum Gasteiger partial charge on any atom is -0.394 e. The molecule has 2 rings (SSSR count). The molecule has 7 heteroatoms. The average molecular weight is 279 g/mol. The van der Waals surface area contributed by atoms with Crippen LogP contribution in [0.1, 0.15) is 30.1 Å². The molecule has 1 saturated carbocycles. The van der Waals surface area contributed by atoms with Crippen molar-refractivity contribution in [3.8, 4) is 0 Å². The summed E-state index contributed by atoms with van der Waals surface area (Å²) < 4.78 is 0. The summed E-state index contributed by atoms with van der Waals surface area (Å²) in [5.41, 5.74) is 0.0433. The number of nitrogens with zero attached hydrogens (tertiary/aromatic N) is 1. The highest BCUT2D eigenvalue weighted by Gasteiger charge is 2.43. The third-order valence-electron chi connectivity index (χ3n) is 3.35. The van der Waals surface area contributed by atoms with Crippen molar-refractivity contribution in [3.63, 3.8) is 0 Å². The Balaban J connectivity index is 2.32. The summed E-state index contributed by atoms with van der Waals surface area (Å²) in [6, 6.07) is 4.19. The number of rotatable bonds is 6. The molecule has 7 nitrogen and oxygen atoms in total. The van der Waals surface area contributed by atoms with Crippen LogP contribution in [0, 0.1) is 10.1 Å². The number of aliphatic hydroxyl groups is 1. The first-order valence-corrected chi connectivity index (χ1v) is 6.47. The van der Waals surface area contributed by atoms with E-state index in [0.717, 1.165) is 12.8 Å². The Kier molecular flexibility index (Phi) is 3.89. The van der Waals surface area contributed by atoms with E-state index in [0.29, 0.717) is 12.1 Å². The van der Waals surface area contributed by atoms with E-state index >= 15 is 0 Å². The van der Waals surface area contributed by atoms with Crippen molar-refractivity contribution in [2.45, 2.75) is 25.3 Å². The van der Waals surface area contributed by atoms with Crippen LogP contribution in [0.3, 0.4) is 0 Å². The molecule has 0 saturated heterocycles. The predicted molar refractivity (Wildman–Crippen MR) is 73.8 cm³/mol. The number of aliphatic hydroxyl groups excluding tert-OH is 1. The summed E-state index contributed by atoms with van der Waals surface area (Å²) in [5, 5.41) is 26.0. The third-order valence-corrected chi connectivity index (χ3v) is 3.35. The van der Waals surface area contributed by atoms with Gasteiger partial charge in [0.15, 0.2) is 0 Å². The number of benzene rings is 1. The summed E-state index contributed by atoms with van der Waals surface area (Å²) >= 11 is 0. The largest absolute Gasteiger partial charge is 0.394 e. The fourth-order valence-corrected chi connectivity index (χ4v) is 1.96.